The summed E-state index contributed by atoms with van der Waals surface area (Å²) < 4.78 is 9.93. The van der Waals surface area contributed by atoms with E-state index in [1.54, 1.807) is 31.4 Å². The van der Waals surface area contributed by atoms with Gasteiger partial charge in [0.25, 0.3) is 5.91 Å². The van der Waals surface area contributed by atoms with Gasteiger partial charge in [-0.3, -0.25) is 4.79 Å². The molecule has 0 spiro atoms. The Bertz CT molecular complexity index is 508. The van der Waals surface area contributed by atoms with Crippen molar-refractivity contribution in [3.8, 4) is 5.75 Å². The van der Waals surface area contributed by atoms with Gasteiger partial charge in [-0.1, -0.05) is 24.3 Å². The average molecular weight is 275 g/mol. The van der Waals surface area contributed by atoms with Crippen molar-refractivity contribution in [1.29, 1.82) is 0 Å². The van der Waals surface area contributed by atoms with E-state index in [0.717, 1.165) is 5.56 Å². The maximum Gasteiger partial charge on any atom is 0.331 e. The molecular weight excluding hydrogens is 258 g/mol. The highest BCUT2D eigenvalue weighted by atomic mass is 16.5. The first kappa shape index (κ1) is 15.5. The van der Waals surface area contributed by atoms with Gasteiger partial charge < -0.3 is 14.8 Å². The van der Waals surface area contributed by atoms with Gasteiger partial charge in [0.05, 0.1) is 7.11 Å². The number of nitrogens with one attached hydrogen (secondary N) is 1. The fourth-order valence-electron chi connectivity index (χ4n) is 1.38. The molecule has 5 heteroatoms. The second-order valence-electron chi connectivity index (χ2n) is 3.78. The van der Waals surface area contributed by atoms with Crippen LogP contribution in [-0.4, -0.2) is 32.1 Å². The lowest BCUT2D eigenvalue weighted by Crippen LogP contribution is -2.28. The van der Waals surface area contributed by atoms with Crippen molar-refractivity contribution in [2.45, 2.75) is 0 Å². The van der Waals surface area contributed by atoms with E-state index >= 15 is 0 Å². The van der Waals surface area contributed by atoms with Crippen molar-refractivity contribution in [3.63, 3.8) is 0 Å². The van der Waals surface area contributed by atoms with E-state index in [1.807, 2.05) is 12.1 Å². The highest BCUT2D eigenvalue weighted by Gasteiger charge is 2.04. The van der Waals surface area contributed by atoms with E-state index in [-0.39, 0.29) is 12.5 Å². The predicted octanol–water partition coefficient (Wildman–Crippen LogP) is 1.55. The maximum absolute atomic E-state index is 11.4. The smallest absolute Gasteiger partial charge is 0.331 e. The summed E-state index contributed by atoms with van der Waals surface area (Å²) in [6.07, 6.45) is 4.36. The molecule has 1 rings (SSSR count). The number of para-hydroxylation sites is 1. The lowest BCUT2D eigenvalue weighted by Gasteiger charge is -2.04. The van der Waals surface area contributed by atoms with Crippen molar-refractivity contribution in [2.24, 2.45) is 0 Å². The molecule has 20 heavy (non-hydrogen) atoms. The Kier molecular flexibility index (Phi) is 6.61. The van der Waals surface area contributed by atoms with Crippen molar-refractivity contribution < 1.29 is 19.1 Å². The predicted molar refractivity (Wildman–Crippen MR) is 76.2 cm³/mol. The van der Waals surface area contributed by atoms with Gasteiger partial charge in [-0.2, -0.15) is 0 Å². The first-order valence-corrected chi connectivity index (χ1v) is 6.03. The molecule has 0 heterocycles. The lowest BCUT2D eigenvalue weighted by molar-refractivity contribution is -0.143. The van der Waals surface area contributed by atoms with Crippen LogP contribution in [0.2, 0.25) is 0 Å². The van der Waals surface area contributed by atoms with E-state index < -0.39 is 5.97 Å². The zero-order valence-electron chi connectivity index (χ0n) is 11.3. The quantitative estimate of drug-likeness (QED) is 0.466. The second-order valence-corrected chi connectivity index (χ2v) is 3.78. The van der Waals surface area contributed by atoms with E-state index in [9.17, 15) is 9.59 Å². The number of methoxy groups -OCH3 is 1. The molecule has 0 saturated carbocycles. The van der Waals surface area contributed by atoms with Crippen LogP contribution in [-0.2, 0) is 14.3 Å². The minimum absolute atomic E-state index is 0.317. The molecule has 0 aliphatic heterocycles. The molecule has 1 N–H and O–H groups in total. The van der Waals surface area contributed by atoms with Gasteiger partial charge in [0.1, 0.15) is 5.75 Å². The maximum atomic E-state index is 11.4. The largest absolute Gasteiger partial charge is 0.496 e. The van der Waals surface area contributed by atoms with Gasteiger partial charge in [0, 0.05) is 18.2 Å². The zero-order chi connectivity index (χ0) is 14.8. The van der Waals surface area contributed by atoms with Crippen molar-refractivity contribution in [2.75, 3.05) is 20.3 Å². The van der Waals surface area contributed by atoms with Crippen LogP contribution in [0, 0.1) is 0 Å². The standard InChI is InChI=1S/C15H17NO4/c1-3-10-16-14(17)11-20-15(18)9-8-12-6-4-5-7-13(12)19-2/h3-9H,1,10-11H2,2H3,(H,16,17)/b9-8+. The molecule has 106 valence electrons. The normalized spacial score (nSPS) is 10.1. The molecule has 0 aromatic heterocycles. The SMILES string of the molecule is C=CCNC(=O)COC(=O)/C=C/c1ccccc1OC. The lowest BCUT2D eigenvalue weighted by atomic mass is 10.2. The third-order valence-electron chi connectivity index (χ3n) is 2.33. The first-order chi connectivity index (χ1) is 9.67. The molecule has 1 aromatic carbocycles. The summed E-state index contributed by atoms with van der Waals surface area (Å²) in [4.78, 5) is 22.6. The molecule has 0 unspecified atom stereocenters. The summed E-state index contributed by atoms with van der Waals surface area (Å²) in [5.74, 6) is -0.311. The third-order valence-corrected chi connectivity index (χ3v) is 2.33. The summed E-state index contributed by atoms with van der Waals surface area (Å²) in [7, 11) is 1.55. The van der Waals surface area contributed by atoms with Gasteiger partial charge in [-0.05, 0) is 12.1 Å². The number of hydrogen-bond donors (Lipinski definition) is 1. The molecule has 0 aliphatic carbocycles. The molecule has 1 aromatic rings. The van der Waals surface area contributed by atoms with Crippen LogP contribution in [0.25, 0.3) is 6.08 Å². The van der Waals surface area contributed by atoms with E-state index in [2.05, 4.69) is 11.9 Å². The van der Waals surface area contributed by atoms with Crippen LogP contribution in [0.5, 0.6) is 5.75 Å². The average Bonchev–Trinajstić information content (AvgIpc) is 2.48. The van der Waals surface area contributed by atoms with Gasteiger partial charge in [-0.15, -0.1) is 6.58 Å². The Morgan fingerprint density at radius 3 is 2.80 bits per heavy atom. The Morgan fingerprint density at radius 1 is 1.35 bits per heavy atom. The molecule has 1 amide bonds. The summed E-state index contributed by atoms with van der Waals surface area (Å²) >= 11 is 0. The molecule has 0 fully saturated rings. The van der Waals surface area contributed by atoms with Crippen LogP contribution in [0.3, 0.4) is 0 Å². The molecular formula is C15H17NO4. The number of amides is 1. The van der Waals surface area contributed by atoms with E-state index in [4.69, 9.17) is 9.47 Å². The number of esters is 1. The summed E-state index contributed by atoms with van der Waals surface area (Å²) in [6, 6.07) is 7.25. The van der Waals surface area contributed by atoms with Crippen LogP contribution < -0.4 is 10.1 Å². The van der Waals surface area contributed by atoms with E-state index in [0.29, 0.717) is 12.3 Å². The number of carbonyl (C=O) groups excluding carboxylic acids is 2. The topological polar surface area (TPSA) is 64.6 Å². The molecule has 0 atom stereocenters. The zero-order valence-corrected chi connectivity index (χ0v) is 11.3. The number of benzene rings is 1. The first-order valence-electron chi connectivity index (χ1n) is 6.03. The minimum atomic E-state index is -0.593. The van der Waals surface area contributed by atoms with Crippen LogP contribution in [0.4, 0.5) is 0 Å². The van der Waals surface area contributed by atoms with Gasteiger partial charge in [0.2, 0.25) is 0 Å². The fourth-order valence-corrected chi connectivity index (χ4v) is 1.38. The highest BCUT2D eigenvalue weighted by Crippen LogP contribution is 2.18. The Hall–Kier alpha value is -2.56. The van der Waals surface area contributed by atoms with Gasteiger partial charge >= 0.3 is 5.97 Å². The molecule has 0 bridgehead atoms. The van der Waals surface area contributed by atoms with Crippen LogP contribution in [0.15, 0.2) is 43.0 Å². The van der Waals surface area contributed by atoms with Gasteiger partial charge in [-0.25, -0.2) is 4.79 Å². The van der Waals surface area contributed by atoms with Crippen LogP contribution in [0.1, 0.15) is 5.56 Å². The minimum Gasteiger partial charge on any atom is -0.496 e. The number of carbonyl (C=O) groups is 2. The van der Waals surface area contributed by atoms with Crippen molar-refractivity contribution in [3.05, 3.63) is 48.6 Å². The molecule has 0 saturated heterocycles. The third kappa shape index (κ3) is 5.39. The van der Waals surface area contributed by atoms with Gasteiger partial charge in [0.15, 0.2) is 6.61 Å². The van der Waals surface area contributed by atoms with Crippen molar-refractivity contribution >= 4 is 18.0 Å². The summed E-state index contributed by atoms with van der Waals surface area (Å²) in [5.41, 5.74) is 0.753. The molecule has 5 nitrogen and oxygen atoms in total. The number of hydrogen-bond acceptors (Lipinski definition) is 4. The second kappa shape index (κ2) is 8.53. The Morgan fingerprint density at radius 2 is 2.10 bits per heavy atom. The van der Waals surface area contributed by atoms with E-state index in [1.165, 1.54) is 6.08 Å². The van der Waals surface area contributed by atoms with Crippen LogP contribution >= 0.6 is 0 Å². The Labute approximate surface area is 117 Å². The Balaban J connectivity index is 2.47. The molecule has 0 radical (unpaired) electrons. The molecule has 0 aliphatic rings. The summed E-state index contributed by atoms with van der Waals surface area (Å²) in [6.45, 7) is 3.49. The highest BCUT2D eigenvalue weighted by molar-refractivity contribution is 5.89. The fraction of sp³-hybridized carbons (Fsp3) is 0.200. The van der Waals surface area contributed by atoms with Crippen molar-refractivity contribution in [1.82, 2.24) is 5.32 Å². The number of ether oxygens (including phenoxy) is 2. The number of rotatable bonds is 7. The summed E-state index contributed by atoms with van der Waals surface area (Å²) in [5, 5.41) is 2.50. The monoisotopic (exact) mass is 275 g/mol.